The van der Waals surface area contributed by atoms with Crippen molar-refractivity contribution in [1.29, 1.82) is 0 Å². The first-order valence-corrected chi connectivity index (χ1v) is 5.66. The average molecular weight is 272 g/mol. The van der Waals surface area contributed by atoms with Crippen LogP contribution in [0.4, 0.5) is 0 Å². The third kappa shape index (κ3) is 3.63. The van der Waals surface area contributed by atoms with E-state index in [1.165, 1.54) is 19.2 Å². The quantitative estimate of drug-likeness (QED) is 0.800. The number of hydrogen-bond acceptors (Lipinski definition) is 4. The maximum atomic E-state index is 11.0. The lowest BCUT2D eigenvalue weighted by Crippen LogP contribution is -2.20. The minimum absolute atomic E-state index is 0.130. The maximum Gasteiger partial charge on any atom is 0.223 e. The number of carbonyl (C=O) groups excluding carboxylic acids is 2. The summed E-state index contributed by atoms with van der Waals surface area (Å²) in [6.07, 6.45) is 0.883. The zero-order valence-corrected chi connectivity index (χ0v) is 10.9. The minimum atomic E-state index is -0.130. The highest BCUT2D eigenvalue weighted by Crippen LogP contribution is 2.36. The maximum absolute atomic E-state index is 11.0. The van der Waals surface area contributed by atoms with Gasteiger partial charge in [0.25, 0.3) is 0 Å². The summed E-state index contributed by atoms with van der Waals surface area (Å²) in [7, 11) is 3.00. The molecule has 0 unspecified atom stereocenters. The van der Waals surface area contributed by atoms with Crippen molar-refractivity contribution in [2.45, 2.75) is 6.42 Å². The molecule has 18 heavy (non-hydrogen) atoms. The Hall–Kier alpha value is -1.75. The summed E-state index contributed by atoms with van der Waals surface area (Å²) in [6.45, 7) is 0.177. The number of carbonyl (C=O) groups is 2. The van der Waals surface area contributed by atoms with Gasteiger partial charge in [0.1, 0.15) is 6.29 Å². The van der Waals surface area contributed by atoms with Crippen LogP contribution in [0, 0.1) is 0 Å². The zero-order valence-electron chi connectivity index (χ0n) is 10.2. The van der Waals surface area contributed by atoms with Gasteiger partial charge in [-0.1, -0.05) is 11.6 Å². The van der Waals surface area contributed by atoms with Gasteiger partial charge in [-0.2, -0.15) is 0 Å². The van der Waals surface area contributed by atoms with E-state index in [-0.39, 0.29) is 24.0 Å². The molecule has 1 aromatic carbocycles. The van der Waals surface area contributed by atoms with E-state index in [0.29, 0.717) is 23.3 Å². The second-order valence-electron chi connectivity index (χ2n) is 3.42. The standard InChI is InChI=1S/C12H14ClNO4/c1-14-11(16)3-4-18-12-9(13)5-8(7-15)6-10(12)17-2/h5-7H,3-4H2,1-2H3,(H,14,16). The Morgan fingerprint density at radius 3 is 2.78 bits per heavy atom. The summed E-state index contributed by atoms with van der Waals surface area (Å²) in [5.74, 6) is 0.560. The topological polar surface area (TPSA) is 64.6 Å². The van der Waals surface area contributed by atoms with Gasteiger partial charge in [-0.3, -0.25) is 9.59 Å². The molecule has 98 valence electrons. The fraction of sp³-hybridized carbons (Fsp3) is 0.333. The molecule has 0 fully saturated rings. The van der Waals surface area contributed by atoms with Crippen molar-refractivity contribution >= 4 is 23.8 Å². The highest BCUT2D eigenvalue weighted by Gasteiger charge is 2.12. The Morgan fingerprint density at radius 1 is 1.50 bits per heavy atom. The predicted molar refractivity (Wildman–Crippen MR) is 67.6 cm³/mol. The second kappa shape index (κ2) is 6.86. The number of ether oxygens (including phenoxy) is 2. The minimum Gasteiger partial charge on any atom is -0.493 e. The highest BCUT2D eigenvalue weighted by atomic mass is 35.5. The molecular formula is C12H14ClNO4. The zero-order chi connectivity index (χ0) is 13.5. The van der Waals surface area contributed by atoms with Crippen LogP contribution in [0.5, 0.6) is 11.5 Å². The lowest BCUT2D eigenvalue weighted by molar-refractivity contribution is -0.121. The summed E-state index contributed by atoms with van der Waals surface area (Å²) in [4.78, 5) is 21.7. The molecule has 6 heteroatoms. The van der Waals surface area contributed by atoms with E-state index in [9.17, 15) is 9.59 Å². The first kappa shape index (κ1) is 14.3. The number of aldehydes is 1. The predicted octanol–water partition coefficient (Wildman–Crippen LogP) is 1.68. The number of rotatable bonds is 6. The molecule has 0 saturated carbocycles. The van der Waals surface area contributed by atoms with Crippen LogP contribution in [-0.4, -0.2) is 33.0 Å². The Bertz CT molecular complexity index is 448. The lowest BCUT2D eigenvalue weighted by atomic mass is 10.2. The van der Waals surface area contributed by atoms with Crippen LogP contribution in [0.25, 0.3) is 0 Å². The summed E-state index contributed by atoms with van der Waals surface area (Å²) < 4.78 is 10.5. The number of halogens is 1. The molecule has 0 atom stereocenters. The van der Waals surface area contributed by atoms with Crippen LogP contribution in [0.3, 0.4) is 0 Å². The Kier molecular flexibility index (Phi) is 5.45. The second-order valence-corrected chi connectivity index (χ2v) is 3.83. The molecule has 0 heterocycles. The Morgan fingerprint density at radius 2 is 2.22 bits per heavy atom. The molecule has 0 saturated heterocycles. The number of amides is 1. The van der Waals surface area contributed by atoms with Gasteiger partial charge in [-0.05, 0) is 12.1 Å². The monoisotopic (exact) mass is 271 g/mol. The molecule has 1 amide bonds. The van der Waals surface area contributed by atoms with E-state index in [1.54, 1.807) is 7.05 Å². The molecule has 5 nitrogen and oxygen atoms in total. The number of benzene rings is 1. The smallest absolute Gasteiger partial charge is 0.223 e. The van der Waals surface area contributed by atoms with Gasteiger partial charge in [-0.15, -0.1) is 0 Å². The largest absolute Gasteiger partial charge is 0.493 e. The van der Waals surface area contributed by atoms with E-state index < -0.39 is 0 Å². The molecule has 1 aromatic rings. The number of methoxy groups -OCH3 is 1. The van der Waals surface area contributed by atoms with Gasteiger partial charge in [0.15, 0.2) is 11.5 Å². The molecule has 0 radical (unpaired) electrons. The van der Waals surface area contributed by atoms with Crippen LogP contribution < -0.4 is 14.8 Å². The van der Waals surface area contributed by atoms with Crippen LogP contribution in [-0.2, 0) is 4.79 Å². The molecular weight excluding hydrogens is 258 g/mol. The Balaban J connectivity index is 2.81. The molecule has 0 spiro atoms. The normalized spacial score (nSPS) is 9.72. The summed E-state index contributed by atoms with van der Waals surface area (Å²) in [5.41, 5.74) is 0.399. The van der Waals surface area contributed by atoms with E-state index >= 15 is 0 Å². The first-order valence-electron chi connectivity index (χ1n) is 5.28. The van der Waals surface area contributed by atoms with E-state index in [0.717, 1.165) is 0 Å². The molecule has 0 aromatic heterocycles. The lowest BCUT2D eigenvalue weighted by Gasteiger charge is -2.12. The van der Waals surface area contributed by atoms with Crippen molar-refractivity contribution in [2.24, 2.45) is 0 Å². The molecule has 0 bridgehead atoms. The molecule has 0 aliphatic heterocycles. The van der Waals surface area contributed by atoms with Gasteiger partial charge in [0.05, 0.1) is 25.2 Å². The third-order valence-electron chi connectivity index (χ3n) is 2.24. The van der Waals surface area contributed by atoms with Crippen molar-refractivity contribution < 1.29 is 19.1 Å². The molecule has 1 N–H and O–H groups in total. The van der Waals surface area contributed by atoms with Gasteiger partial charge >= 0.3 is 0 Å². The summed E-state index contributed by atoms with van der Waals surface area (Å²) in [5, 5.41) is 2.75. The SMILES string of the molecule is CNC(=O)CCOc1c(Cl)cc(C=O)cc1OC. The first-order chi connectivity index (χ1) is 8.62. The summed E-state index contributed by atoms with van der Waals surface area (Å²) in [6, 6.07) is 3.00. The fourth-order valence-corrected chi connectivity index (χ4v) is 1.59. The van der Waals surface area contributed by atoms with Gasteiger partial charge in [0, 0.05) is 12.6 Å². The van der Waals surface area contributed by atoms with Crippen molar-refractivity contribution in [2.75, 3.05) is 20.8 Å². The van der Waals surface area contributed by atoms with Crippen molar-refractivity contribution in [1.82, 2.24) is 5.32 Å². The van der Waals surface area contributed by atoms with Crippen molar-refractivity contribution in [3.8, 4) is 11.5 Å². The van der Waals surface area contributed by atoms with Crippen LogP contribution in [0.15, 0.2) is 12.1 Å². The van der Waals surface area contributed by atoms with E-state index in [2.05, 4.69) is 5.32 Å². The van der Waals surface area contributed by atoms with Gasteiger partial charge < -0.3 is 14.8 Å². The van der Waals surface area contributed by atoms with Crippen molar-refractivity contribution in [3.05, 3.63) is 22.7 Å². The van der Waals surface area contributed by atoms with Crippen molar-refractivity contribution in [3.63, 3.8) is 0 Å². The van der Waals surface area contributed by atoms with Crippen LogP contribution >= 0.6 is 11.6 Å². The number of nitrogens with one attached hydrogen (secondary N) is 1. The third-order valence-corrected chi connectivity index (χ3v) is 2.52. The van der Waals surface area contributed by atoms with E-state index in [1.807, 2.05) is 0 Å². The average Bonchev–Trinajstić information content (AvgIpc) is 2.39. The number of hydrogen-bond donors (Lipinski definition) is 1. The van der Waals surface area contributed by atoms with Gasteiger partial charge in [-0.25, -0.2) is 0 Å². The molecule has 0 aliphatic rings. The molecule has 1 rings (SSSR count). The Labute approximate surface area is 110 Å². The highest BCUT2D eigenvalue weighted by molar-refractivity contribution is 6.32. The fourth-order valence-electron chi connectivity index (χ4n) is 1.32. The van der Waals surface area contributed by atoms with Crippen LogP contribution in [0.2, 0.25) is 5.02 Å². The van der Waals surface area contributed by atoms with Gasteiger partial charge in [0.2, 0.25) is 5.91 Å². The molecule has 0 aliphatic carbocycles. The summed E-state index contributed by atoms with van der Waals surface area (Å²) >= 11 is 5.98. The van der Waals surface area contributed by atoms with Crippen LogP contribution in [0.1, 0.15) is 16.8 Å². The van der Waals surface area contributed by atoms with E-state index in [4.69, 9.17) is 21.1 Å².